The average molecular weight is 534 g/mol. The predicted molar refractivity (Wildman–Crippen MR) is 137 cm³/mol. The smallest absolute Gasteiger partial charge is 0.351 e. The standard InChI is InChI=1S/C26H20BrN3O5/c1-14-19-11-20-21(12-22(19)35-25(33)23(14)24(31)32)30(13-15-4-3-5-16(27)10-15)26(29-20)28-17-6-8-18(34-2)9-7-17/h3-12H,13H2,1-2H3,(H,28,29)(H,31,32). The van der Waals surface area contributed by atoms with E-state index in [1.165, 1.54) is 0 Å². The van der Waals surface area contributed by atoms with Crippen LogP contribution in [0.4, 0.5) is 11.6 Å². The lowest BCUT2D eigenvalue weighted by molar-refractivity contribution is 0.0691. The van der Waals surface area contributed by atoms with Gasteiger partial charge in [0.25, 0.3) is 0 Å². The molecule has 0 aliphatic heterocycles. The Hall–Kier alpha value is -4.11. The number of carboxylic acid groups (broad SMARTS) is 1. The number of nitrogens with zero attached hydrogens (tertiary/aromatic N) is 2. The number of anilines is 2. The highest BCUT2D eigenvalue weighted by molar-refractivity contribution is 9.10. The van der Waals surface area contributed by atoms with Gasteiger partial charge in [0.05, 0.1) is 24.7 Å². The van der Waals surface area contributed by atoms with Crippen LogP contribution in [-0.2, 0) is 6.54 Å². The van der Waals surface area contributed by atoms with Gasteiger partial charge in [-0.2, -0.15) is 0 Å². The lowest BCUT2D eigenvalue weighted by atomic mass is 10.1. The normalized spacial score (nSPS) is 11.2. The van der Waals surface area contributed by atoms with Gasteiger partial charge in [-0.25, -0.2) is 14.6 Å². The third-order valence-corrected chi connectivity index (χ3v) is 6.32. The number of hydrogen-bond acceptors (Lipinski definition) is 6. The Balaban J connectivity index is 1.71. The van der Waals surface area contributed by atoms with E-state index in [0.29, 0.717) is 34.5 Å². The lowest BCUT2D eigenvalue weighted by Gasteiger charge is -2.12. The molecule has 176 valence electrons. The lowest BCUT2D eigenvalue weighted by Crippen LogP contribution is -2.15. The first-order chi connectivity index (χ1) is 16.8. The molecule has 2 N–H and O–H groups in total. The monoisotopic (exact) mass is 533 g/mol. The number of carbonyl (C=O) groups is 1. The Morgan fingerprint density at radius 1 is 1.17 bits per heavy atom. The number of fused-ring (bicyclic) bond motifs is 2. The van der Waals surface area contributed by atoms with Crippen LogP contribution in [0.5, 0.6) is 5.75 Å². The Kier molecular flexibility index (Phi) is 5.78. The molecule has 0 aliphatic carbocycles. The van der Waals surface area contributed by atoms with Crippen LogP contribution >= 0.6 is 15.9 Å². The van der Waals surface area contributed by atoms with Gasteiger partial charge >= 0.3 is 11.6 Å². The number of benzene rings is 3. The number of hydrogen-bond donors (Lipinski definition) is 2. The maximum atomic E-state index is 12.3. The quantitative estimate of drug-likeness (QED) is 0.269. The molecule has 5 rings (SSSR count). The first-order valence-corrected chi connectivity index (χ1v) is 11.5. The molecule has 0 saturated carbocycles. The summed E-state index contributed by atoms with van der Waals surface area (Å²) in [5, 5.41) is 13.3. The zero-order valence-electron chi connectivity index (χ0n) is 18.8. The molecule has 0 unspecified atom stereocenters. The summed E-state index contributed by atoms with van der Waals surface area (Å²) in [5.41, 5.74) is 2.62. The second-order valence-electron chi connectivity index (χ2n) is 8.04. The van der Waals surface area contributed by atoms with Crippen molar-refractivity contribution in [3.05, 3.63) is 92.2 Å². The molecule has 0 amide bonds. The molecule has 0 spiro atoms. The topological polar surface area (TPSA) is 107 Å². The van der Waals surface area contributed by atoms with E-state index < -0.39 is 11.6 Å². The number of methoxy groups -OCH3 is 1. The van der Waals surface area contributed by atoms with Gasteiger partial charge in [0.15, 0.2) is 0 Å². The van der Waals surface area contributed by atoms with Crippen molar-refractivity contribution in [1.29, 1.82) is 0 Å². The zero-order valence-corrected chi connectivity index (χ0v) is 20.4. The molecular formula is C26H20BrN3O5. The molecule has 9 heteroatoms. The molecule has 5 aromatic rings. The Labute approximate surface area is 207 Å². The van der Waals surface area contributed by atoms with Crippen LogP contribution in [0.2, 0.25) is 0 Å². The number of imidazole rings is 1. The second kappa shape index (κ2) is 8.92. The molecule has 0 aliphatic rings. The predicted octanol–water partition coefficient (Wildman–Crippen LogP) is 5.71. The molecule has 0 fully saturated rings. The first-order valence-electron chi connectivity index (χ1n) is 10.7. The van der Waals surface area contributed by atoms with Crippen LogP contribution in [0.25, 0.3) is 22.0 Å². The molecular weight excluding hydrogens is 514 g/mol. The molecule has 3 aromatic carbocycles. The van der Waals surface area contributed by atoms with Crippen LogP contribution in [0, 0.1) is 6.92 Å². The summed E-state index contributed by atoms with van der Waals surface area (Å²) in [6, 6.07) is 18.9. The van der Waals surface area contributed by atoms with E-state index in [4.69, 9.17) is 14.1 Å². The second-order valence-corrected chi connectivity index (χ2v) is 8.95. The van der Waals surface area contributed by atoms with Crippen molar-refractivity contribution in [1.82, 2.24) is 9.55 Å². The number of aromatic carboxylic acids is 1. The first kappa shape index (κ1) is 22.7. The van der Waals surface area contributed by atoms with Crippen molar-refractivity contribution in [3.8, 4) is 5.75 Å². The number of halogens is 1. The summed E-state index contributed by atoms with van der Waals surface area (Å²) in [6.07, 6.45) is 0. The summed E-state index contributed by atoms with van der Waals surface area (Å²) in [5.74, 6) is 0.00313. The van der Waals surface area contributed by atoms with Crippen molar-refractivity contribution in [3.63, 3.8) is 0 Å². The van der Waals surface area contributed by atoms with Gasteiger partial charge in [0, 0.05) is 21.6 Å². The Morgan fingerprint density at radius 3 is 2.63 bits per heavy atom. The molecule has 35 heavy (non-hydrogen) atoms. The molecule has 0 bridgehead atoms. The number of nitrogens with one attached hydrogen (secondary N) is 1. The van der Waals surface area contributed by atoms with E-state index in [2.05, 4.69) is 21.2 Å². The van der Waals surface area contributed by atoms with Gasteiger partial charge < -0.3 is 24.1 Å². The number of rotatable bonds is 6. The summed E-state index contributed by atoms with van der Waals surface area (Å²) >= 11 is 3.52. The van der Waals surface area contributed by atoms with E-state index in [1.807, 2.05) is 53.1 Å². The Morgan fingerprint density at radius 2 is 1.94 bits per heavy atom. The third-order valence-electron chi connectivity index (χ3n) is 5.83. The fourth-order valence-electron chi connectivity index (χ4n) is 4.09. The van der Waals surface area contributed by atoms with Crippen molar-refractivity contribution in [2.24, 2.45) is 0 Å². The van der Waals surface area contributed by atoms with Gasteiger partial charge in [0.2, 0.25) is 5.95 Å². The summed E-state index contributed by atoms with van der Waals surface area (Å²) in [6.45, 7) is 2.10. The van der Waals surface area contributed by atoms with E-state index >= 15 is 0 Å². The summed E-state index contributed by atoms with van der Waals surface area (Å²) in [4.78, 5) is 28.7. The maximum absolute atomic E-state index is 12.3. The van der Waals surface area contributed by atoms with Crippen molar-refractivity contribution < 1.29 is 19.1 Å². The number of ether oxygens (including phenoxy) is 1. The summed E-state index contributed by atoms with van der Waals surface area (Å²) < 4.78 is 13.6. The average Bonchev–Trinajstić information content (AvgIpc) is 3.14. The highest BCUT2D eigenvalue weighted by atomic mass is 79.9. The minimum Gasteiger partial charge on any atom is -0.497 e. The van der Waals surface area contributed by atoms with E-state index in [0.717, 1.165) is 27.0 Å². The largest absolute Gasteiger partial charge is 0.497 e. The fraction of sp³-hybridized carbons (Fsp3) is 0.115. The van der Waals surface area contributed by atoms with Gasteiger partial charge in [-0.05, 0) is 60.5 Å². The van der Waals surface area contributed by atoms with E-state index in [-0.39, 0.29) is 5.56 Å². The van der Waals surface area contributed by atoms with Gasteiger partial charge in [-0.1, -0.05) is 28.1 Å². The van der Waals surface area contributed by atoms with Gasteiger partial charge in [-0.3, -0.25) is 0 Å². The zero-order chi connectivity index (χ0) is 24.7. The molecule has 0 radical (unpaired) electrons. The van der Waals surface area contributed by atoms with Gasteiger partial charge in [0.1, 0.15) is 16.9 Å². The SMILES string of the molecule is COc1ccc(Nc2nc3cc4c(C)c(C(=O)O)c(=O)oc4cc3n2Cc2cccc(Br)c2)cc1. The number of aromatic nitrogens is 2. The molecule has 2 heterocycles. The summed E-state index contributed by atoms with van der Waals surface area (Å²) in [7, 11) is 1.61. The fourth-order valence-corrected chi connectivity index (χ4v) is 4.54. The van der Waals surface area contributed by atoms with E-state index in [9.17, 15) is 14.7 Å². The highest BCUT2D eigenvalue weighted by Gasteiger charge is 2.20. The molecule has 8 nitrogen and oxygen atoms in total. The molecule has 2 aromatic heterocycles. The highest BCUT2D eigenvalue weighted by Crippen LogP contribution is 2.30. The third kappa shape index (κ3) is 4.26. The van der Waals surface area contributed by atoms with Gasteiger partial charge in [-0.15, -0.1) is 0 Å². The maximum Gasteiger partial charge on any atom is 0.351 e. The minimum atomic E-state index is -1.32. The molecule has 0 atom stereocenters. The molecule has 0 saturated heterocycles. The van der Waals surface area contributed by atoms with Crippen LogP contribution in [0.1, 0.15) is 21.5 Å². The Bertz CT molecular complexity index is 1650. The van der Waals surface area contributed by atoms with Crippen molar-refractivity contribution >= 4 is 55.5 Å². The number of carboxylic acids is 1. The minimum absolute atomic E-state index is 0.302. The van der Waals surface area contributed by atoms with Crippen molar-refractivity contribution in [2.75, 3.05) is 12.4 Å². The van der Waals surface area contributed by atoms with Crippen molar-refractivity contribution in [2.45, 2.75) is 13.5 Å². The van der Waals surface area contributed by atoms with E-state index in [1.54, 1.807) is 26.2 Å². The van der Waals surface area contributed by atoms with Crippen LogP contribution in [0.15, 0.2) is 74.3 Å². The number of aryl methyl sites for hydroxylation is 1. The van der Waals surface area contributed by atoms with Crippen LogP contribution < -0.4 is 15.7 Å². The van der Waals surface area contributed by atoms with Crippen LogP contribution in [0.3, 0.4) is 0 Å². The van der Waals surface area contributed by atoms with Crippen LogP contribution in [-0.4, -0.2) is 27.7 Å².